The highest BCUT2D eigenvalue weighted by atomic mass is 32.2. The molecule has 0 aromatic rings. The quantitative estimate of drug-likeness (QED) is 0.663. The third-order valence-electron chi connectivity index (χ3n) is 2.72. The normalized spacial score (nSPS) is 13.3. The predicted octanol–water partition coefficient (Wildman–Crippen LogP) is 3.43. The van der Waals surface area contributed by atoms with Gasteiger partial charge in [-0.3, -0.25) is 4.79 Å². The molecular formula is C13H27OS+. The summed E-state index contributed by atoms with van der Waals surface area (Å²) in [5.74, 6) is 0.556. The Morgan fingerprint density at radius 1 is 0.933 bits per heavy atom. The van der Waals surface area contributed by atoms with Crippen LogP contribution in [0.15, 0.2) is 0 Å². The highest BCUT2D eigenvalue weighted by Crippen LogP contribution is 2.31. The predicted molar refractivity (Wildman–Crippen MR) is 71.6 cm³/mol. The van der Waals surface area contributed by atoms with Gasteiger partial charge in [-0.15, -0.1) is 0 Å². The molecule has 0 saturated carbocycles. The van der Waals surface area contributed by atoms with Gasteiger partial charge in [-0.2, -0.15) is 0 Å². The Kier molecular flexibility index (Phi) is 5.39. The Balaban J connectivity index is 5.03. The van der Waals surface area contributed by atoms with E-state index >= 15 is 0 Å². The largest absolute Gasteiger partial charge is 0.293 e. The van der Waals surface area contributed by atoms with Crippen molar-refractivity contribution in [3.05, 3.63) is 0 Å². The Morgan fingerprint density at radius 3 is 1.47 bits per heavy atom. The van der Waals surface area contributed by atoms with Crippen molar-refractivity contribution in [2.45, 2.75) is 70.6 Å². The molecule has 0 amide bonds. The number of ketones is 1. The van der Waals surface area contributed by atoms with E-state index in [1.54, 1.807) is 0 Å². The van der Waals surface area contributed by atoms with Crippen LogP contribution in [0.3, 0.4) is 0 Å². The van der Waals surface area contributed by atoms with Crippen LogP contribution < -0.4 is 0 Å². The van der Waals surface area contributed by atoms with Crippen LogP contribution in [0.2, 0.25) is 0 Å². The average molecular weight is 231 g/mol. The number of carbonyl (C=O) groups excluding carboxylic acids is 1. The van der Waals surface area contributed by atoms with Gasteiger partial charge in [0.25, 0.3) is 0 Å². The Hall–Kier alpha value is 0.0200. The first-order chi connectivity index (χ1) is 6.62. The van der Waals surface area contributed by atoms with Gasteiger partial charge in [0, 0.05) is 16.8 Å². The molecule has 0 aliphatic heterocycles. The van der Waals surface area contributed by atoms with Crippen LogP contribution in [0.4, 0.5) is 0 Å². The molecule has 0 rings (SSSR count). The van der Waals surface area contributed by atoms with E-state index in [1.807, 2.05) is 13.8 Å². The maximum Gasteiger partial charge on any atom is 0.189 e. The maximum absolute atomic E-state index is 12.2. The van der Waals surface area contributed by atoms with Gasteiger partial charge in [-0.05, 0) is 41.5 Å². The number of carbonyl (C=O) groups is 1. The minimum Gasteiger partial charge on any atom is -0.293 e. The summed E-state index contributed by atoms with van der Waals surface area (Å²) in [7, 11) is 0.162. The SMILES string of the molecule is CC(C)C(=O)C(C)(C)[S+](C(C)C)C(C)C. The molecule has 1 nitrogen and oxygen atoms in total. The van der Waals surface area contributed by atoms with E-state index in [-0.39, 0.29) is 21.6 Å². The molecular weight excluding hydrogens is 204 g/mol. The molecule has 90 valence electrons. The lowest BCUT2D eigenvalue weighted by Crippen LogP contribution is -2.50. The first kappa shape index (κ1) is 15.0. The van der Waals surface area contributed by atoms with Crippen molar-refractivity contribution in [3.8, 4) is 0 Å². The summed E-state index contributed by atoms with van der Waals surface area (Å²) in [6.07, 6.45) is 0. The van der Waals surface area contributed by atoms with Gasteiger partial charge in [0.15, 0.2) is 10.5 Å². The molecule has 0 saturated heterocycles. The molecule has 0 spiro atoms. The highest BCUT2D eigenvalue weighted by Gasteiger charge is 2.49. The van der Waals surface area contributed by atoms with Crippen molar-refractivity contribution in [2.75, 3.05) is 0 Å². The van der Waals surface area contributed by atoms with Gasteiger partial charge >= 0.3 is 0 Å². The van der Waals surface area contributed by atoms with E-state index in [9.17, 15) is 4.79 Å². The Bertz CT molecular complexity index is 209. The molecule has 2 heteroatoms. The number of Topliss-reactive ketones (excluding diaryl/α,β-unsaturated/α-hetero) is 1. The second-order valence-electron chi connectivity index (χ2n) is 5.50. The van der Waals surface area contributed by atoms with E-state index in [0.29, 0.717) is 16.3 Å². The van der Waals surface area contributed by atoms with Crippen molar-refractivity contribution in [3.63, 3.8) is 0 Å². The molecule has 0 heterocycles. The molecule has 0 aromatic heterocycles. The van der Waals surface area contributed by atoms with E-state index in [4.69, 9.17) is 0 Å². The second kappa shape index (κ2) is 5.38. The summed E-state index contributed by atoms with van der Waals surface area (Å²) < 4.78 is -0.170. The molecule has 0 aliphatic rings. The molecule has 0 N–H and O–H groups in total. The minimum atomic E-state index is -0.170. The summed E-state index contributed by atoms with van der Waals surface area (Å²) in [5, 5.41) is 1.17. The van der Waals surface area contributed by atoms with Crippen molar-refractivity contribution < 1.29 is 4.79 Å². The van der Waals surface area contributed by atoms with Crippen LogP contribution >= 0.6 is 0 Å². The van der Waals surface area contributed by atoms with Crippen molar-refractivity contribution in [2.24, 2.45) is 5.92 Å². The summed E-state index contributed by atoms with van der Waals surface area (Å²) >= 11 is 0. The van der Waals surface area contributed by atoms with Gasteiger partial charge < -0.3 is 0 Å². The monoisotopic (exact) mass is 231 g/mol. The smallest absolute Gasteiger partial charge is 0.189 e. The topological polar surface area (TPSA) is 17.1 Å². The fourth-order valence-electron chi connectivity index (χ4n) is 2.53. The maximum atomic E-state index is 12.2. The molecule has 0 aromatic carbocycles. The van der Waals surface area contributed by atoms with Crippen LogP contribution in [0.5, 0.6) is 0 Å². The standard InChI is InChI=1S/C13H27OS/c1-9(2)12(14)13(7,8)15(10(3)4)11(5)6/h9-11H,1-8H3/q+1. The third-order valence-corrected chi connectivity index (χ3v) is 6.13. The lowest BCUT2D eigenvalue weighted by Gasteiger charge is -2.31. The van der Waals surface area contributed by atoms with Crippen LogP contribution in [0, 0.1) is 5.92 Å². The molecule has 0 fully saturated rings. The highest BCUT2D eigenvalue weighted by molar-refractivity contribution is 8.00. The summed E-state index contributed by atoms with van der Waals surface area (Å²) in [6, 6.07) is 0. The molecule has 0 unspecified atom stereocenters. The van der Waals surface area contributed by atoms with Gasteiger partial charge in [0.1, 0.15) is 10.5 Å². The fourth-order valence-corrected chi connectivity index (χ4v) is 6.45. The van der Waals surface area contributed by atoms with Gasteiger partial charge in [-0.25, -0.2) is 0 Å². The average Bonchev–Trinajstić information content (AvgIpc) is 1.99. The summed E-state index contributed by atoms with van der Waals surface area (Å²) in [6.45, 7) is 17.2. The zero-order valence-electron chi connectivity index (χ0n) is 11.5. The Labute approximate surface area is 98.4 Å². The lowest BCUT2D eigenvalue weighted by molar-refractivity contribution is -0.123. The zero-order valence-corrected chi connectivity index (χ0v) is 12.4. The zero-order chi connectivity index (χ0) is 12.4. The third kappa shape index (κ3) is 3.51. The van der Waals surface area contributed by atoms with E-state index < -0.39 is 0 Å². The van der Waals surface area contributed by atoms with E-state index in [0.717, 1.165) is 0 Å². The first-order valence-electron chi connectivity index (χ1n) is 5.88. The lowest BCUT2D eigenvalue weighted by atomic mass is 9.98. The number of hydrogen-bond donors (Lipinski definition) is 0. The first-order valence-corrected chi connectivity index (χ1v) is 7.23. The van der Waals surface area contributed by atoms with Crippen LogP contribution in [0.1, 0.15) is 55.4 Å². The van der Waals surface area contributed by atoms with Crippen LogP contribution in [-0.2, 0) is 15.7 Å². The molecule has 0 atom stereocenters. The molecule has 15 heavy (non-hydrogen) atoms. The molecule has 0 aliphatic carbocycles. The van der Waals surface area contributed by atoms with Crippen molar-refractivity contribution in [1.82, 2.24) is 0 Å². The van der Waals surface area contributed by atoms with E-state index in [2.05, 4.69) is 41.5 Å². The Morgan fingerprint density at radius 2 is 1.27 bits per heavy atom. The van der Waals surface area contributed by atoms with Gasteiger partial charge in [0.05, 0.1) is 0 Å². The van der Waals surface area contributed by atoms with Crippen LogP contribution in [0.25, 0.3) is 0 Å². The van der Waals surface area contributed by atoms with Gasteiger partial charge in [-0.1, -0.05) is 13.8 Å². The fraction of sp³-hybridized carbons (Fsp3) is 0.923. The molecule has 0 bridgehead atoms. The number of rotatable bonds is 5. The molecule has 0 radical (unpaired) electrons. The summed E-state index contributed by atoms with van der Waals surface area (Å²) in [5.41, 5.74) is 0. The van der Waals surface area contributed by atoms with E-state index in [1.165, 1.54) is 0 Å². The van der Waals surface area contributed by atoms with Crippen molar-refractivity contribution >= 4 is 16.7 Å². The second-order valence-corrected chi connectivity index (χ2v) is 9.15. The summed E-state index contributed by atoms with van der Waals surface area (Å²) in [4.78, 5) is 12.2. The van der Waals surface area contributed by atoms with Gasteiger partial charge in [0.2, 0.25) is 0 Å². The van der Waals surface area contributed by atoms with Crippen LogP contribution in [-0.4, -0.2) is 21.0 Å². The minimum absolute atomic E-state index is 0.146. The van der Waals surface area contributed by atoms with Crippen molar-refractivity contribution in [1.29, 1.82) is 0 Å². The number of hydrogen-bond acceptors (Lipinski definition) is 1.